The van der Waals surface area contributed by atoms with Crippen molar-refractivity contribution in [2.75, 3.05) is 32.7 Å². The molecule has 3 rings (SSSR count). The number of likely N-dealkylation sites (tertiary alicyclic amines) is 1. The van der Waals surface area contributed by atoms with Gasteiger partial charge in [0.2, 0.25) is 0 Å². The number of amides is 1. The highest BCUT2D eigenvalue weighted by molar-refractivity contribution is 5.69. The van der Waals surface area contributed by atoms with E-state index in [9.17, 15) is 4.79 Å². The van der Waals surface area contributed by atoms with Crippen molar-refractivity contribution < 1.29 is 9.53 Å². The van der Waals surface area contributed by atoms with Crippen molar-refractivity contribution >= 4 is 6.09 Å². The zero-order valence-corrected chi connectivity index (χ0v) is 9.45. The smallest absolute Gasteiger partial charge is 0.407 e. The lowest BCUT2D eigenvalue weighted by molar-refractivity contribution is 0.0634. The fourth-order valence-corrected chi connectivity index (χ4v) is 3.19. The molecule has 0 radical (unpaired) electrons. The van der Waals surface area contributed by atoms with Crippen LogP contribution in [0.1, 0.15) is 12.8 Å². The monoisotopic (exact) mass is 225 g/mol. The molecule has 1 amide bonds. The Labute approximate surface area is 95.5 Å². The molecular weight excluding hydrogens is 206 g/mol. The van der Waals surface area contributed by atoms with Crippen molar-refractivity contribution in [2.24, 2.45) is 5.92 Å². The number of fused-ring (bicyclic) bond motifs is 1. The molecule has 0 spiro atoms. The van der Waals surface area contributed by atoms with E-state index < -0.39 is 0 Å². The van der Waals surface area contributed by atoms with Gasteiger partial charge in [-0.25, -0.2) is 4.79 Å². The maximum atomic E-state index is 11.0. The number of nitrogens with zero attached hydrogens (tertiary/aromatic N) is 1. The maximum Gasteiger partial charge on any atom is 0.407 e. The summed E-state index contributed by atoms with van der Waals surface area (Å²) >= 11 is 0. The lowest BCUT2D eigenvalue weighted by Crippen LogP contribution is -2.48. The minimum Gasteiger partial charge on any atom is -0.443 e. The van der Waals surface area contributed by atoms with Gasteiger partial charge in [0.25, 0.3) is 0 Å². The van der Waals surface area contributed by atoms with Gasteiger partial charge in [0.15, 0.2) is 0 Å². The van der Waals surface area contributed by atoms with Crippen molar-refractivity contribution in [2.45, 2.75) is 25.0 Å². The van der Waals surface area contributed by atoms with E-state index in [-0.39, 0.29) is 12.2 Å². The van der Waals surface area contributed by atoms with Crippen LogP contribution in [0.3, 0.4) is 0 Å². The third kappa shape index (κ3) is 1.89. The third-order valence-corrected chi connectivity index (χ3v) is 3.98. The lowest BCUT2D eigenvalue weighted by Gasteiger charge is -2.37. The van der Waals surface area contributed by atoms with Gasteiger partial charge in [-0.2, -0.15) is 0 Å². The van der Waals surface area contributed by atoms with Crippen LogP contribution in [0.5, 0.6) is 0 Å². The number of nitrogens with one attached hydrogen (secondary N) is 2. The highest BCUT2D eigenvalue weighted by Crippen LogP contribution is 2.26. The second-order valence-corrected chi connectivity index (χ2v) is 5.03. The number of rotatable bonds is 2. The summed E-state index contributed by atoms with van der Waals surface area (Å²) in [5, 5.41) is 6.18. The fourth-order valence-electron chi connectivity index (χ4n) is 3.19. The second kappa shape index (κ2) is 4.22. The Kier molecular flexibility index (Phi) is 2.73. The standard InChI is InChI=1S/C11H19N3O2/c15-11-13-5-9(16-11)7-14-3-1-2-8-4-12-6-10(8)14/h8-10,12H,1-7H2,(H,13,15). The number of piperidine rings is 1. The van der Waals surface area contributed by atoms with E-state index >= 15 is 0 Å². The predicted octanol–water partition coefficient (Wildman–Crippen LogP) is -0.221. The van der Waals surface area contributed by atoms with Gasteiger partial charge in [0.05, 0.1) is 6.54 Å². The van der Waals surface area contributed by atoms with E-state index in [1.165, 1.54) is 12.8 Å². The molecular formula is C11H19N3O2. The molecule has 0 bridgehead atoms. The van der Waals surface area contributed by atoms with Crippen LogP contribution in [0.15, 0.2) is 0 Å². The summed E-state index contributed by atoms with van der Waals surface area (Å²) in [6.45, 7) is 4.96. The van der Waals surface area contributed by atoms with Crippen LogP contribution in [-0.4, -0.2) is 55.9 Å². The van der Waals surface area contributed by atoms with E-state index in [1.54, 1.807) is 0 Å². The summed E-state index contributed by atoms with van der Waals surface area (Å²) in [6.07, 6.45) is 2.41. The number of cyclic esters (lactones) is 1. The SMILES string of the molecule is O=C1NCC(CN2CCCC3CNCC32)O1. The molecule has 3 aliphatic heterocycles. The number of alkyl carbamates (subject to hydrolysis) is 1. The van der Waals surface area contributed by atoms with E-state index in [2.05, 4.69) is 15.5 Å². The van der Waals surface area contributed by atoms with Gasteiger partial charge < -0.3 is 15.4 Å². The molecule has 0 saturated carbocycles. The van der Waals surface area contributed by atoms with Crippen LogP contribution in [0.25, 0.3) is 0 Å². The number of carbonyl (C=O) groups excluding carboxylic acids is 1. The zero-order chi connectivity index (χ0) is 11.0. The second-order valence-electron chi connectivity index (χ2n) is 5.03. The Bertz CT molecular complexity index is 284. The van der Waals surface area contributed by atoms with Gasteiger partial charge >= 0.3 is 6.09 Å². The first-order valence-electron chi connectivity index (χ1n) is 6.22. The Morgan fingerprint density at radius 1 is 1.38 bits per heavy atom. The summed E-state index contributed by atoms with van der Waals surface area (Å²) in [4.78, 5) is 13.5. The first kappa shape index (κ1) is 10.4. The Morgan fingerprint density at radius 2 is 2.31 bits per heavy atom. The molecule has 3 fully saturated rings. The average Bonchev–Trinajstić information content (AvgIpc) is 2.87. The zero-order valence-electron chi connectivity index (χ0n) is 9.45. The summed E-state index contributed by atoms with van der Waals surface area (Å²) in [5.74, 6) is 0.804. The van der Waals surface area contributed by atoms with E-state index in [0.717, 1.165) is 32.1 Å². The van der Waals surface area contributed by atoms with Crippen LogP contribution in [0, 0.1) is 5.92 Å². The van der Waals surface area contributed by atoms with Crippen LogP contribution in [-0.2, 0) is 4.74 Å². The summed E-state index contributed by atoms with van der Waals surface area (Å²) in [5.41, 5.74) is 0. The third-order valence-electron chi connectivity index (χ3n) is 3.98. The Balaban J connectivity index is 1.59. The predicted molar refractivity (Wildman–Crippen MR) is 59.2 cm³/mol. The molecule has 5 nitrogen and oxygen atoms in total. The van der Waals surface area contributed by atoms with Crippen molar-refractivity contribution in [3.05, 3.63) is 0 Å². The van der Waals surface area contributed by atoms with Crippen LogP contribution in [0.4, 0.5) is 4.79 Å². The topological polar surface area (TPSA) is 53.6 Å². The molecule has 0 aliphatic carbocycles. The molecule has 0 aromatic carbocycles. The number of ether oxygens (including phenoxy) is 1. The summed E-state index contributed by atoms with van der Waals surface area (Å²) in [7, 11) is 0. The first-order chi connectivity index (χ1) is 7.83. The van der Waals surface area contributed by atoms with Crippen LogP contribution in [0.2, 0.25) is 0 Å². The maximum absolute atomic E-state index is 11.0. The van der Waals surface area contributed by atoms with E-state index in [1.807, 2.05) is 0 Å². The molecule has 3 heterocycles. The van der Waals surface area contributed by atoms with Gasteiger partial charge in [-0.05, 0) is 31.8 Å². The van der Waals surface area contributed by atoms with Gasteiger partial charge in [0.1, 0.15) is 6.10 Å². The molecule has 0 aromatic rings. The molecule has 3 saturated heterocycles. The normalized spacial score (nSPS) is 39.2. The van der Waals surface area contributed by atoms with Crippen molar-refractivity contribution in [3.63, 3.8) is 0 Å². The van der Waals surface area contributed by atoms with Gasteiger partial charge in [-0.3, -0.25) is 4.90 Å². The molecule has 2 N–H and O–H groups in total. The van der Waals surface area contributed by atoms with Gasteiger partial charge in [-0.15, -0.1) is 0 Å². The quantitative estimate of drug-likeness (QED) is 0.682. The number of hydrogen-bond acceptors (Lipinski definition) is 4. The Morgan fingerprint density at radius 3 is 3.12 bits per heavy atom. The minimum absolute atomic E-state index is 0.0480. The minimum atomic E-state index is -0.261. The molecule has 3 unspecified atom stereocenters. The van der Waals surface area contributed by atoms with Crippen molar-refractivity contribution in [1.82, 2.24) is 15.5 Å². The van der Waals surface area contributed by atoms with Crippen molar-refractivity contribution in [3.8, 4) is 0 Å². The number of hydrogen-bond donors (Lipinski definition) is 2. The fraction of sp³-hybridized carbons (Fsp3) is 0.909. The first-order valence-corrected chi connectivity index (χ1v) is 6.22. The van der Waals surface area contributed by atoms with E-state index in [0.29, 0.717) is 12.6 Å². The van der Waals surface area contributed by atoms with Gasteiger partial charge in [-0.1, -0.05) is 0 Å². The Hall–Kier alpha value is -0.810. The van der Waals surface area contributed by atoms with Gasteiger partial charge in [0, 0.05) is 19.1 Å². The summed E-state index contributed by atoms with van der Waals surface area (Å²) in [6, 6.07) is 0.660. The van der Waals surface area contributed by atoms with Crippen LogP contribution >= 0.6 is 0 Å². The van der Waals surface area contributed by atoms with Crippen molar-refractivity contribution in [1.29, 1.82) is 0 Å². The molecule has 90 valence electrons. The molecule has 0 aromatic heterocycles. The molecule has 16 heavy (non-hydrogen) atoms. The molecule has 3 atom stereocenters. The highest BCUT2D eigenvalue weighted by Gasteiger charge is 2.37. The lowest BCUT2D eigenvalue weighted by atomic mass is 9.92. The molecule has 5 heteroatoms. The number of carbonyl (C=O) groups is 1. The summed E-state index contributed by atoms with van der Waals surface area (Å²) < 4.78 is 5.20. The average molecular weight is 225 g/mol. The highest BCUT2D eigenvalue weighted by atomic mass is 16.6. The van der Waals surface area contributed by atoms with Crippen LogP contribution < -0.4 is 10.6 Å². The van der Waals surface area contributed by atoms with E-state index in [4.69, 9.17) is 4.74 Å². The largest absolute Gasteiger partial charge is 0.443 e. The molecule has 3 aliphatic rings.